The molecule has 0 atom stereocenters. The SMILES string of the molecule is CC(C)NC(=O)CNc1cc(C(F)(F)F)ncc1N. The number of carbonyl (C=O) groups excluding carboxylic acids is 1. The van der Waals surface area contributed by atoms with Gasteiger partial charge in [-0.3, -0.25) is 4.79 Å². The number of hydrogen-bond donors (Lipinski definition) is 3. The van der Waals surface area contributed by atoms with Crippen LogP contribution < -0.4 is 16.4 Å². The zero-order valence-electron chi connectivity index (χ0n) is 10.5. The van der Waals surface area contributed by atoms with Crippen LogP contribution in [-0.4, -0.2) is 23.5 Å². The quantitative estimate of drug-likeness (QED) is 0.780. The Bertz CT molecular complexity index is 460. The van der Waals surface area contributed by atoms with Gasteiger partial charge in [0.25, 0.3) is 0 Å². The van der Waals surface area contributed by atoms with Crippen molar-refractivity contribution in [3.05, 3.63) is 18.0 Å². The third-order valence-electron chi connectivity index (χ3n) is 2.11. The molecule has 1 amide bonds. The van der Waals surface area contributed by atoms with Gasteiger partial charge in [-0.2, -0.15) is 13.2 Å². The van der Waals surface area contributed by atoms with Crippen LogP contribution in [-0.2, 0) is 11.0 Å². The first kappa shape index (κ1) is 15.1. The van der Waals surface area contributed by atoms with Crippen LogP contribution in [0, 0.1) is 0 Å². The third kappa shape index (κ3) is 4.65. The highest BCUT2D eigenvalue weighted by atomic mass is 19.4. The molecule has 106 valence electrons. The van der Waals surface area contributed by atoms with Gasteiger partial charge < -0.3 is 16.4 Å². The van der Waals surface area contributed by atoms with Gasteiger partial charge in [0, 0.05) is 6.04 Å². The number of amides is 1. The number of nitrogens with zero attached hydrogens (tertiary/aromatic N) is 1. The van der Waals surface area contributed by atoms with E-state index in [-0.39, 0.29) is 29.9 Å². The Labute approximate surface area is 108 Å². The van der Waals surface area contributed by atoms with Crippen LogP contribution in [0.15, 0.2) is 12.3 Å². The van der Waals surface area contributed by atoms with Crippen molar-refractivity contribution in [3.8, 4) is 0 Å². The van der Waals surface area contributed by atoms with Gasteiger partial charge in [-0.25, -0.2) is 4.98 Å². The molecule has 0 aliphatic rings. The standard InChI is InChI=1S/C11H15F3N4O/c1-6(2)18-10(19)5-16-8-3-9(11(12,13)14)17-4-7(8)15/h3-4,6H,5,15H2,1-2H3,(H,16,17)(H,18,19). The molecule has 1 aromatic heterocycles. The first-order valence-corrected chi connectivity index (χ1v) is 5.56. The molecule has 0 radical (unpaired) electrons. The second-order valence-electron chi connectivity index (χ2n) is 4.23. The molecule has 5 nitrogen and oxygen atoms in total. The number of nitrogen functional groups attached to an aromatic ring is 1. The van der Waals surface area contributed by atoms with Crippen LogP contribution >= 0.6 is 0 Å². The molecular formula is C11H15F3N4O. The van der Waals surface area contributed by atoms with Gasteiger partial charge in [0.05, 0.1) is 24.1 Å². The van der Waals surface area contributed by atoms with Crippen LogP contribution in [0.4, 0.5) is 24.5 Å². The lowest BCUT2D eigenvalue weighted by molar-refractivity contribution is -0.141. The van der Waals surface area contributed by atoms with Crippen molar-refractivity contribution >= 4 is 17.3 Å². The molecule has 4 N–H and O–H groups in total. The van der Waals surface area contributed by atoms with Crippen LogP contribution in [0.5, 0.6) is 0 Å². The summed E-state index contributed by atoms with van der Waals surface area (Å²) in [6.07, 6.45) is -3.64. The molecule has 1 aromatic rings. The highest BCUT2D eigenvalue weighted by Crippen LogP contribution is 2.30. The molecule has 0 fully saturated rings. The summed E-state index contributed by atoms with van der Waals surface area (Å²) >= 11 is 0. The van der Waals surface area contributed by atoms with Crippen molar-refractivity contribution in [2.75, 3.05) is 17.6 Å². The maximum absolute atomic E-state index is 12.5. The fourth-order valence-corrected chi connectivity index (χ4v) is 1.32. The lowest BCUT2D eigenvalue weighted by Crippen LogP contribution is -2.35. The van der Waals surface area contributed by atoms with Crippen LogP contribution in [0.25, 0.3) is 0 Å². The number of anilines is 2. The Kier molecular flexibility index (Phi) is 4.57. The number of nitrogens with one attached hydrogen (secondary N) is 2. The van der Waals surface area contributed by atoms with Crippen molar-refractivity contribution in [3.63, 3.8) is 0 Å². The fraction of sp³-hybridized carbons (Fsp3) is 0.455. The molecule has 0 aliphatic carbocycles. The van der Waals surface area contributed by atoms with Crippen molar-refractivity contribution in [2.24, 2.45) is 0 Å². The zero-order valence-corrected chi connectivity index (χ0v) is 10.5. The predicted octanol–water partition coefficient (Wildman–Crippen LogP) is 1.62. The van der Waals surface area contributed by atoms with Gasteiger partial charge in [0.1, 0.15) is 5.69 Å². The minimum absolute atomic E-state index is 0.0289. The number of alkyl halides is 3. The van der Waals surface area contributed by atoms with Gasteiger partial charge in [-0.15, -0.1) is 0 Å². The summed E-state index contributed by atoms with van der Waals surface area (Å²) < 4.78 is 37.4. The van der Waals surface area contributed by atoms with Gasteiger partial charge in [0.2, 0.25) is 5.91 Å². The normalized spacial score (nSPS) is 11.5. The van der Waals surface area contributed by atoms with Crippen LogP contribution in [0.3, 0.4) is 0 Å². The van der Waals surface area contributed by atoms with Gasteiger partial charge in [0.15, 0.2) is 0 Å². The first-order chi connectivity index (χ1) is 8.70. The summed E-state index contributed by atoms with van der Waals surface area (Å²) in [4.78, 5) is 14.6. The molecule has 0 aliphatic heterocycles. The highest BCUT2D eigenvalue weighted by Gasteiger charge is 2.32. The first-order valence-electron chi connectivity index (χ1n) is 5.56. The molecule has 1 rings (SSSR count). The molecule has 8 heteroatoms. The smallest absolute Gasteiger partial charge is 0.396 e. The summed E-state index contributed by atoms with van der Waals surface area (Å²) in [5.74, 6) is -0.334. The van der Waals surface area contributed by atoms with E-state index in [1.165, 1.54) is 0 Å². The van der Waals surface area contributed by atoms with Gasteiger partial charge >= 0.3 is 6.18 Å². The van der Waals surface area contributed by atoms with Gasteiger partial charge in [-0.05, 0) is 19.9 Å². The number of rotatable bonds is 4. The maximum atomic E-state index is 12.5. The van der Waals surface area contributed by atoms with Crippen molar-refractivity contribution in [1.82, 2.24) is 10.3 Å². The molecule has 0 saturated carbocycles. The molecule has 0 unspecified atom stereocenters. The minimum atomic E-state index is -4.55. The van der Waals surface area contributed by atoms with Crippen molar-refractivity contribution in [1.29, 1.82) is 0 Å². The maximum Gasteiger partial charge on any atom is 0.433 e. The number of nitrogens with two attached hydrogens (primary N) is 1. The predicted molar refractivity (Wildman–Crippen MR) is 65.4 cm³/mol. The van der Waals surface area contributed by atoms with E-state index in [4.69, 9.17) is 5.73 Å². The number of hydrogen-bond acceptors (Lipinski definition) is 4. The minimum Gasteiger partial charge on any atom is -0.396 e. The lowest BCUT2D eigenvalue weighted by atomic mass is 10.2. The molecular weight excluding hydrogens is 261 g/mol. The second-order valence-corrected chi connectivity index (χ2v) is 4.23. The monoisotopic (exact) mass is 276 g/mol. The van der Waals surface area contributed by atoms with E-state index in [2.05, 4.69) is 15.6 Å². The molecule has 0 bridgehead atoms. The van der Waals surface area contributed by atoms with Crippen molar-refractivity contribution < 1.29 is 18.0 Å². The average molecular weight is 276 g/mol. The highest BCUT2D eigenvalue weighted by molar-refractivity contribution is 5.82. The summed E-state index contributed by atoms with van der Waals surface area (Å²) in [6, 6.07) is 0.729. The van der Waals surface area contributed by atoms with Crippen molar-refractivity contribution in [2.45, 2.75) is 26.1 Å². The average Bonchev–Trinajstić information content (AvgIpc) is 2.25. The zero-order chi connectivity index (χ0) is 14.6. The Morgan fingerprint density at radius 3 is 2.63 bits per heavy atom. The van der Waals surface area contributed by atoms with E-state index in [0.717, 1.165) is 12.3 Å². The molecule has 19 heavy (non-hydrogen) atoms. The number of carbonyl (C=O) groups is 1. The van der Waals surface area contributed by atoms with E-state index in [9.17, 15) is 18.0 Å². The Morgan fingerprint density at radius 2 is 2.11 bits per heavy atom. The van der Waals surface area contributed by atoms with E-state index in [1.54, 1.807) is 13.8 Å². The molecule has 0 aromatic carbocycles. The second kappa shape index (κ2) is 5.77. The number of pyridine rings is 1. The molecule has 0 spiro atoms. The van der Waals surface area contributed by atoms with Crippen LogP contribution in [0.1, 0.15) is 19.5 Å². The van der Waals surface area contributed by atoms with Gasteiger partial charge in [-0.1, -0.05) is 0 Å². The summed E-state index contributed by atoms with van der Waals surface area (Å²) in [6.45, 7) is 3.39. The third-order valence-corrected chi connectivity index (χ3v) is 2.11. The molecule has 0 saturated heterocycles. The van der Waals surface area contributed by atoms with E-state index in [0.29, 0.717) is 0 Å². The topological polar surface area (TPSA) is 80.0 Å². The summed E-state index contributed by atoms with van der Waals surface area (Å²) in [7, 11) is 0. The Morgan fingerprint density at radius 1 is 1.47 bits per heavy atom. The lowest BCUT2D eigenvalue weighted by Gasteiger charge is -2.13. The largest absolute Gasteiger partial charge is 0.433 e. The van der Waals surface area contributed by atoms with E-state index >= 15 is 0 Å². The van der Waals surface area contributed by atoms with E-state index < -0.39 is 11.9 Å². The van der Waals surface area contributed by atoms with E-state index in [1.807, 2.05) is 0 Å². The fourth-order valence-electron chi connectivity index (χ4n) is 1.32. The Balaban J connectivity index is 2.75. The number of aromatic nitrogens is 1. The molecule has 1 heterocycles. The Hall–Kier alpha value is -1.99. The number of halogens is 3. The summed E-state index contributed by atoms with van der Waals surface area (Å²) in [5, 5.41) is 5.15. The van der Waals surface area contributed by atoms with Crippen LogP contribution in [0.2, 0.25) is 0 Å². The summed E-state index contributed by atoms with van der Waals surface area (Å²) in [5.41, 5.74) is 4.51.